The molecular formula is C10H20N2O3. The molecule has 1 rings (SSSR count). The molecule has 0 radical (unpaired) electrons. The molecule has 1 unspecified atom stereocenters. The first-order valence-corrected chi connectivity index (χ1v) is 5.37. The smallest absolute Gasteiger partial charge is 0.224 e. The maximum absolute atomic E-state index is 11.6. The van der Waals surface area contributed by atoms with Gasteiger partial charge < -0.3 is 20.8 Å². The summed E-state index contributed by atoms with van der Waals surface area (Å²) in [4.78, 5) is 11.6. The average molecular weight is 216 g/mol. The Hall–Kier alpha value is -0.650. The van der Waals surface area contributed by atoms with Crippen LogP contribution >= 0.6 is 0 Å². The van der Waals surface area contributed by atoms with Gasteiger partial charge in [0.2, 0.25) is 5.91 Å². The van der Waals surface area contributed by atoms with Crippen LogP contribution in [0.1, 0.15) is 19.8 Å². The molecule has 88 valence electrons. The summed E-state index contributed by atoms with van der Waals surface area (Å²) in [6.07, 6.45) is 1.90. The van der Waals surface area contributed by atoms with Crippen molar-refractivity contribution in [2.45, 2.75) is 25.4 Å². The molecule has 0 aromatic carbocycles. The van der Waals surface area contributed by atoms with Gasteiger partial charge in [-0.3, -0.25) is 4.79 Å². The third-order valence-corrected chi connectivity index (χ3v) is 2.65. The van der Waals surface area contributed by atoms with Crippen LogP contribution in [-0.4, -0.2) is 48.0 Å². The number of nitrogens with one attached hydrogen (secondary N) is 2. The molecule has 1 heterocycles. The fourth-order valence-electron chi connectivity index (χ4n) is 1.55. The minimum Gasteiger partial charge on any atom is -0.393 e. The minimum absolute atomic E-state index is 0.00626. The van der Waals surface area contributed by atoms with Crippen molar-refractivity contribution >= 4 is 5.91 Å². The van der Waals surface area contributed by atoms with E-state index < -0.39 is 5.60 Å². The SMILES string of the molecule is CC(O)(CO)CNC(=O)[C@@H]1CCCNC1. The molecule has 5 heteroatoms. The van der Waals surface area contributed by atoms with Gasteiger partial charge in [-0.15, -0.1) is 0 Å². The molecule has 1 amide bonds. The lowest BCUT2D eigenvalue weighted by molar-refractivity contribution is -0.127. The van der Waals surface area contributed by atoms with E-state index in [0.717, 1.165) is 19.4 Å². The maximum Gasteiger partial charge on any atom is 0.224 e. The minimum atomic E-state index is -1.22. The van der Waals surface area contributed by atoms with Crippen molar-refractivity contribution in [3.8, 4) is 0 Å². The van der Waals surface area contributed by atoms with E-state index in [1.54, 1.807) is 0 Å². The molecule has 2 atom stereocenters. The highest BCUT2D eigenvalue weighted by Crippen LogP contribution is 2.10. The first kappa shape index (κ1) is 12.4. The summed E-state index contributed by atoms with van der Waals surface area (Å²) in [6.45, 7) is 2.91. The van der Waals surface area contributed by atoms with Gasteiger partial charge in [-0.05, 0) is 26.3 Å². The summed E-state index contributed by atoms with van der Waals surface area (Å²) >= 11 is 0. The Balaban J connectivity index is 2.28. The van der Waals surface area contributed by atoms with Gasteiger partial charge in [0.25, 0.3) is 0 Å². The van der Waals surface area contributed by atoms with Gasteiger partial charge in [0.15, 0.2) is 0 Å². The number of carbonyl (C=O) groups is 1. The summed E-state index contributed by atoms with van der Waals surface area (Å²) in [5.74, 6) is -0.0517. The predicted molar refractivity (Wildman–Crippen MR) is 56.3 cm³/mol. The molecular weight excluding hydrogens is 196 g/mol. The number of hydrogen-bond acceptors (Lipinski definition) is 4. The third-order valence-electron chi connectivity index (χ3n) is 2.65. The summed E-state index contributed by atoms with van der Waals surface area (Å²) in [5, 5.41) is 24.1. The fourth-order valence-corrected chi connectivity index (χ4v) is 1.55. The van der Waals surface area contributed by atoms with Gasteiger partial charge in [0.1, 0.15) is 5.60 Å². The van der Waals surface area contributed by atoms with Crippen molar-refractivity contribution in [3.63, 3.8) is 0 Å². The quantitative estimate of drug-likeness (QED) is 0.478. The van der Waals surface area contributed by atoms with Crippen LogP contribution in [0.15, 0.2) is 0 Å². The second-order valence-electron chi connectivity index (χ2n) is 4.42. The van der Waals surface area contributed by atoms with Gasteiger partial charge in [-0.1, -0.05) is 0 Å². The van der Waals surface area contributed by atoms with Crippen molar-refractivity contribution in [1.82, 2.24) is 10.6 Å². The second kappa shape index (κ2) is 5.44. The first-order valence-electron chi connectivity index (χ1n) is 5.37. The van der Waals surface area contributed by atoms with E-state index in [-0.39, 0.29) is 25.0 Å². The van der Waals surface area contributed by atoms with Crippen LogP contribution in [0.3, 0.4) is 0 Å². The maximum atomic E-state index is 11.6. The molecule has 1 aliphatic rings. The Labute approximate surface area is 89.9 Å². The number of piperidine rings is 1. The zero-order valence-corrected chi connectivity index (χ0v) is 9.12. The third kappa shape index (κ3) is 4.15. The summed E-state index contributed by atoms with van der Waals surface area (Å²) < 4.78 is 0. The Morgan fingerprint density at radius 3 is 2.93 bits per heavy atom. The lowest BCUT2D eigenvalue weighted by Crippen LogP contribution is -2.47. The van der Waals surface area contributed by atoms with E-state index in [4.69, 9.17) is 5.11 Å². The Morgan fingerprint density at radius 2 is 2.40 bits per heavy atom. The highest BCUT2D eigenvalue weighted by atomic mass is 16.3. The zero-order valence-electron chi connectivity index (χ0n) is 9.12. The van der Waals surface area contributed by atoms with Crippen molar-refractivity contribution in [3.05, 3.63) is 0 Å². The van der Waals surface area contributed by atoms with Gasteiger partial charge in [0, 0.05) is 13.1 Å². The summed E-state index contributed by atoms with van der Waals surface area (Å²) in [7, 11) is 0. The zero-order chi connectivity index (χ0) is 11.3. The van der Waals surface area contributed by atoms with Gasteiger partial charge in [0.05, 0.1) is 12.5 Å². The number of amides is 1. The van der Waals surface area contributed by atoms with Gasteiger partial charge in [-0.25, -0.2) is 0 Å². The summed E-state index contributed by atoms with van der Waals surface area (Å²) in [5.41, 5.74) is -1.22. The number of carbonyl (C=O) groups excluding carboxylic acids is 1. The van der Waals surface area contributed by atoms with Gasteiger partial charge in [-0.2, -0.15) is 0 Å². The van der Waals surface area contributed by atoms with Crippen LogP contribution in [0.2, 0.25) is 0 Å². The van der Waals surface area contributed by atoms with Gasteiger partial charge >= 0.3 is 0 Å². The Bertz CT molecular complexity index is 213. The van der Waals surface area contributed by atoms with Crippen LogP contribution < -0.4 is 10.6 Å². The second-order valence-corrected chi connectivity index (χ2v) is 4.42. The number of aliphatic hydroxyl groups is 2. The van der Waals surface area contributed by atoms with Crippen molar-refractivity contribution in [2.24, 2.45) is 5.92 Å². The molecule has 1 aliphatic heterocycles. The topological polar surface area (TPSA) is 81.6 Å². The molecule has 1 fully saturated rings. The molecule has 0 aromatic heterocycles. The molecule has 0 aliphatic carbocycles. The fraction of sp³-hybridized carbons (Fsp3) is 0.900. The highest BCUT2D eigenvalue weighted by molar-refractivity contribution is 5.79. The Kier molecular flexibility index (Phi) is 4.50. The predicted octanol–water partition coefficient (Wildman–Crippen LogP) is -1.15. The van der Waals surface area contributed by atoms with Crippen LogP contribution in [0.4, 0.5) is 0 Å². The molecule has 0 spiro atoms. The van der Waals surface area contributed by atoms with Crippen molar-refractivity contribution in [2.75, 3.05) is 26.2 Å². The standard InChI is InChI=1S/C10H20N2O3/c1-10(15,7-13)6-12-9(14)8-3-2-4-11-5-8/h8,11,13,15H,2-7H2,1H3,(H,12,14)/t8-,10?/m1/s1. The lowest BCUT2D eigenvalue weighted by Gasteiger charge is -2.25. The number of hydrogen-bond donors (Lipinski definition) is 4. The number of aliphatic hydroxyl groups excluding tert-OH is 1. The first-order chi connectivity index (χ1) is 7.05. The Morgan fingerprint density at radius 1 is 1.67 bits per heavy atom. The summed E-state index contributed by atoms with van der Waals surface area (Å²) in [6, 6.07) is 0. The molecule has 15 heavy (non-hydrogen) atoms. The van der Waals surface area contributed by atoms with Crippen LogP contribution in [0.25, 0.3) is 0 Å². The van der Waals surface area contributed by atoms with Crippen molar-refractivity contribution in [1.29, 1.82) is 0 Å². The van der Waals surface area contributed by atoms with Crippen molar-refractivity contribution < 1.29 is 15.0 Å². The largest absolute Gasteiger partial charge is 0.393 e. The monoisotopic (exact) mass is 216 g/mol. The number of rotatable bonds is 4. The molecule has 5 nitrogen and oxygen atoms in total. The van der Waals surface area contributed by atoms with E-state index in [1.807, 2.05) is 0 Å². The van der Waals surface area contributed by atoms with E-state index in [2.05, 4.69) is 10.6 Å². The normalized spacial score (nSPS) is 25.7. The molecule has 0 saturated carbocycles. The van der Waals surface area contributed by atoms with E-state index >= 15 is 0 Å². The molecule has 0 aromatic rings. The van der Waals surface area contributed by atoms with Crippen LogP contribution in [0.5, 0.6) is 0 Å². The van der Waals surface area contributed by atoms with E-state index in [9.17, 15) is 9.90 Å². The lowest BCUT2D eigenvalue weighted by atomic mass is 9.98. The highest BCUT2D eigenvalue weighted by Gasteiger charge is 2.24. The van der Waals surface area contributed by atoms with Crippen LogP contribution in [0, 0.1) is 5.92 Å². The van der Waals surface area contributed by atoms with E-state index in [1.165, 1.54) is 6.92 Å². The van der Waals surface area contributed by atoms with Crippen LogP contribution in [-0.2, 0) is 4.79 Å². The van der Waals surface area contributed by atoms with E-state index in [0.29, 0.717) is 6.54 Å². The average Bonchev–Trinajstić information content (AvgIpc) is 2.27. The molecule has 4 N–H and O–H groups in total. The molecule has 1 saturated heterocycles. The molecule has 0 bridgehead atoms.